The summed E-state index contributed by atoms with van der Waals surface area (Å²) in [5, 5.41) is 3.33. The van der Waals surface area contributed by atoms with E-state index in [1.807, 2.05) is 6.92 Å². The van der Waals surface area contributed by atoms with Crippen LogP contribution in [-0.2, 0) is 19.0 Å². The molecule has 0 aromatic carbocycles. The molecule has 0 amide bonds. The van der Waals surface area contributed by atoms with Gasteiger partial charge in [-0.25, -0.2) is 0 Å². The molecule has 0 aromatic rings. The third-order valence-electron chi connectivity index (χ3n) is 3.81. The summed E-state index contributed by atoms with van der Waals surface area (Å²) < 4.78 is 15.5. The van der Waals surface area contributed by atoms with Crippen molar-refractivity contribution in [2.75, 3.05) is 59.7 Å². The predicted octanol–water partition coefficient (Wildman–Crippen LogP) is 1.90. The molecule has 0 saturated carbocycles. The second-order valence-electron chi connectivity index (χ2n) is 5.81. The van der Waals surface area contributed by atoms with E-state index < -0.39 is 0 Å². The average Bonchev–Trinajstić information content (AvgIpc) is 3.03. The first-order chi connectivity index (χ1) is 11.7. The van der Waals surface area contributed by atoms with Crippen LogP contribution in [0.3, 0.4) is 0 Å². The van der Waals surface area contributed by atoms with E-state index in [0.29, 0.717) is 45.1 Å². The van der Waals surface area contributed by atoms with Crippen molar-refractivity contribution >= 4 is 35.9 Å². The molecule has 0 aliphatic carbocycles. The molecule has 7 nitrogen and oxygen atoms in total. The molecule has 0 bridgehead atoms. The number of guanidine groups is 1. The SMILES string of the molecule is CCNC(=NCCCC(=O)OCC)N1CCC(COCCOC)C1.I. The average molecular weight is 471 g/mol. The summed E-state index contributed by atoms with van der Waals surface area (Å²) in [7, 11) is 1.68. The zero-order valence-electron chi connectivity index (χ0n) is 15.8. The van der Waals surface area contributed by atoms with Gasteiger partial charge in [0, 0.05) is 45.6 Å². The van der Waals surface area contributed by atoms with E-state index in [-0.39, 0.29) is 29.9 Å². The lowest BCUT2D eigenvalue weighted by molar-refractivity contribution is -0.143. The van der Waals surface area contributed by atoms with Crippen LogP contribution in [0.5, 0.6) is 0 Å². The Bertz CT molecular complexity index is 383. The van der Waals surface area contributed by atoms with Crippen LogP contribution < -0.4 is 5.32 Å². The van der Waals surface area contributed by atoms with Gasteiger partial charge >= 0.3 is 5.97 Å². The molecule has 8 heteroatoms. The quantitative estimate of drug-likeness (QED) is 0.163. The van der Waals surface area contributed by atoms with Gasteiger partial charge in [0.1, 0.15) is 0 Å². The number of esters is 1. The van der Waals surface area contributed by atoms with Crippen molar-refractivity contribution in [1.29, 1.82) is 0 Å². The molecule has 1 unspecified atom stereocenters. The molecule has 1 fully saturated rings. The van der Waals surface area contributed by atoms with Crippen molar-refractivity contribution < 1.29 is 19.0 Å². The summed E-state index contributed by atoms with van der Waals surface area (Å²) in [6.07, 6.45) is 2.25. The highest BCUT2D eigenvalue weighted by molar-refractivity contribution is 14.0. The van der Waals surface area contributed by atoms with Gasteiger partial charge in [0.25, 0.3) is 0 Å². The van der Waals surface area contributed by atoms with Gasteiger partial charge in [-0.1, -0.05) is 0 Å². The van der Waals surface area contributed by atoms with Crippen molar-refractivity contribution in [3.05, 3.63) is 0 Å². The number of hydrogen-bond donors (Lipinski definition) is 1. The highest BCUT2D eigenvalue weighted by Crippen LogP contribution is 2.16. The fraction of sp³-hybridized carbons (Fsp3) is 0.882. The zero-order chi connectivity index (χ0) is 17.6. The van der Waals surface area contributed by atoms with Crippen LogP contribution in [0.2, 0.25) is 0 Å². The number of likely N-dealkylation sites (tertiary alicyclic amines) is 1. The molecule has 1 rings (SSSR count). The number of nitrogens with one attached hydrogen (secondary N) is 1. The minimum absolute atomic E-state index is 0. The Balaban J connectivity index is 0.00000576. The lowest BCUT2D eigenvalue weighted by Gasteiger charge is -2.21. The largest absolute Gasteiger partial charge is 0.466 e. The number of halogens is 1. The van der Waals surface area contributed by atoms with Crippen LogP contribution in [-0.4, -0.2) is 76.5 Å². The van der Waals surface area contributed by atoms with Crippen LogP contribution in [0.25, 0.3) is 0 Å². The molecule has 1 aliphatic heterocycles. The van der Waals surface area contributed by atoms with E-state index in [0.717, 1.165) is 38.6 Å². The molecule has 1 aliphatic rings. The summed E-state index contributed by atoms with van der Waals surface area (Å²) in [6.45, 7) is 9.79. The van der Waals surface area contributed by atoms with E-state index in [4.69, 9.17) is 14.2 Å². The van der Waals surface area contributed by atoms with E-state index in [9.17, 15) is 4.79 Å². The number of ether oxygens (including phenoxy) is 3. The fourth-order valence-corrected chi connectivity index (χ4v) is 2.62. The number of carbonyl (C=O) groups excluding carboxylic acids is 1. The highest BCUT2D eigenvalue weighted by Gasteiger charge is 2.24. The molecular weight excluding hydrogens is 437 g/mol. The van der Waals surface area contributed by atoms with Crippen molar-refractivity contribution in [2.24, 2.45) is 10.9 Å². The predicted molar refractivity (Wildman–Crippen MR) is 110 cm³/mol. The van der Waals surface area contributed by atoms with Crippen LogP contribution in [0.1, 0.15) is 33.1 Å². The first kappa shape index (κ1) is 24.4. The second kappa shape index (κ2) is 15.6. The van der Waals surface area contributed by atoms with Gasteiger partial charge in [-0.15, -0.1) is 24.0 Å². The maximum atomic E-state index is 11.3. The Labute approximate surface area is 168 Å². The van der Waals surface area contributed by atoms with Gasteiger partial charge in [-0.2, -0.15) is 0 Å². The number of methoxy groups -OCH3 is 1. The molecule has 1 heterocycles. The number of rotatable bonds is 11. The number of hydrogen-bond acceptors (Lipinski definition) is 5. The van der Waals surface area contributed by atoms with E-state index in [1.54, 1.807) is 7.11 Å². The van der Waals surface area contributed by atoms with Gasteiger partial charge in [0.05, 0.1) is 26.4 Å². The Hall–Kier alpha value is -0.610. The second-order valence-corrected chi connectivity index (χ2v) is 5.81. The van der Waals surface area contributed by atoms with Gasteiger partial charge in [0.2, 0.25) is 0 Å². The highest BCUT2D eigenvalue weighted by atomic mass is 127. The molecule has 148 valence electrons. The zero-order valence-corrected chi connectivity index (χ0v) is 18.1. The molecule has 0 aromatic heterocycles. The van der Waals surface area contributed by atoms with Gasteiger partial charge < -0.3 is 24.4 Å². The van der Waals surface area contributed by atoms with Crippen molar-refractivity contribution in [2.45, 2.75) is 33.1 Å². The smallest absolute Gasteiger partial charge is 0.305 e. The summed E-state index contributed by atoms with van der Waals surface area (Å²) in [4.78, 5) is 18.3. The number of aliphatic imine (C=N–C) groups is 1. The first-order valence-corrected chi connectivity index (χ1v) is 8.96. The minimum Gasteiger partial charge on any atom is -0.466 e. The lowest BCUT2D eigenvalue weighted by Crippen LogP contribution is -2.40. The summed E-state index contributed by atoms with van der Waals surface area (Å²) in [5.74, 6) is 1.32. The van der Waals surface area contributed by atoms with Crippen molar-refractivity contribution in [3.63, 3.8) is 0 Å². The van der Waals surface area contributed by atoms with Crippen LogP contribution >= 0.6 is 24.0 Å². The summed E-state index contributed by atoms with van der Waals surface area (Å²) >= 11 is 0. The van der Waals surface area contributed by atoms with Crippen molar-refractivity contribution in [3.8, 4) is 0 Å². The minimum atomic E-state index is -0.146. The monoisotopic (exact) mass is 471 g/mol. The molecular formula is C17H34IN3O4. The first-order valence-electron chi connectivity index (χ1n) is 8.96. The van der Waals surface area contributed by atoms with Gasteiger partial charge in [-0.05, 0) is 26.7 Å². The molecule has 1 N–H and O–H groups in total. The fourth-order valence-electron chi connectivity index (χ4n) is 2.62. The Kier molecular flexibility index (Phi) is 15.2. The number of nitrogens with zero attached hydrogens (tertiary/aromatic N) is 2. The van der Waals surface area contributed by atoms with Gasteiger partial charge in [0.15, 0.2) is 5.96 Å². The van der Waals surface area contributed by atoms with Gasteiger partial charge in [-0.3, -0.25) is 9.79 Å². The third-order valence-corrected chi connectivity index (χ3v) is 3.81. The molecule has 25 heavy (non-hydrogen) atoms. The topological polar surface area (TPSA) is 72.4 Å². The van der Waals surface area contributed by atoms with E-state index >= 15 is 0 Å². The van der Waals surface area contributed by atoms with Crippen LogP contribution in [0, 0.1) is 5.92 Å². The third kappa shape index (κ3) is 10.9. The number of carbonyl (C=O) groups is 1. The molecule has 0 radical (unpaired) electrons. The molecule has 1 saturated heterocycles. The normalized spacial score (nSPS) is 17.3. The maximum absolute atomic E-state index is 11.3. The van der Waals surface area contributed by atoms with Crippen molar-refractivity contribution in [1.82, 2.24) is 10.2 Å². The molecule has 0 spiro atoms. The lowest BCUT2D eigenvalue weighted by atomic mass is 10.1. The Morgan fingerprint density at radius 2 is 2.12 bits per heavy atom. The maximum Gasteiger partial charge on any atom is 0.305 e. The summed E-state index contributed by atoms with van der Waals surface area (Å²) in [5.41, 5.74) is 0. The molecule has 1 atom stereocenters. The Morgan fingerprint density at radius 1 is 1.32 bits per heavy atom. The summed E-state index contributed by atoms with van der Waals surface area (Å²) in [6, 6.07) is 0. The van der Waals surface area contributed by atoms with Crippen LogP contribution in [0.4, 0.5) is 0 Å². The van der Waals surface area contributed by atoms with E-state index in [2.05, 4.69) is 22.1 Å². The van der Waals surface area contributed by atoms with E-state index in [1.165, 1.54) is 0 Å². The standard InChI is InChI=1S/C17H33N3O4.HI/c1-4-18-17(19-9-6-7-16(21)24-5-2)20-10-8-15(13-20)14-23-12-11-22-3;/h15H,4-14H2,1-3H3,(H,18,19);1H. The van der Waals surface area contributed by atoms with Crippen LogP contribution in [0.15, 0.2) is 4.99 Å². The Morgan fingerprint density at radius 3 is 2.80 bits per heavy atom.